The Morgan fingerprint density at radius 1 is 1.05 bits per heavy atom. The lowest BCUT2D eigenvalue weighted by atomic mass is 10.2. The van der Waals surface area contributed by atoms with Crippen LogP contribution in [0.25, 0.3) is 10.9 Å². The molecule has 0 saturated heterocycles. The summed E-state index contributed by atoms with van der Waals surface area (Å²) in [4.78, 5) is 8.59. The molecule has 0 radical (unpaired) electrons. The Hall–Kier alpha value is -2.33. The van der Waals surface area contributed by atoms with Crippen LogP contribution < -0.4 is 10.6 Å². The summed E-state index contributed by atoms with van der Waals surface area (Å²) in [5.74, 6) is 0.807. The van der Waals surface area contributed by atoms with Crippen LogP contribution in [0.5, 0.6) is 0 Å². The molecule has 100 valence electrons. The van der Waals surface area contributed by atoms with E-state index in [-0.39, 0.29) is 0 Å². The van der Waals surface area contributed by atoms with E-state index >= 15 is 0 Å². The minimum Gasteiger partial charge on any atom is -0.373 e. The zero-order valence-corrected chi connectivity index (χ0v) is 11.6. The van der Waals surface area contributed by atoms with Gasteiger partial charge in [0, 0.05) is 36.6 Å². The van der Waals surface area contributed by atoms with Crippen molar-refractivity contribution >= 4 is 39.7 Å². The average Bonchev–Trinajstić information content (AvgIpc) is 2.51. The third-order valence-electron chi connectivity index (χ3n) is 3.01. The number of pyridine rings is 2. The minimum absolute atomic E-state index is 0.698. The van der Waals surface area contributed by atoms with E-state index in [1.165, 1.54) is 0 Å². The molecular formula is C15H13ClN4. The van der Waals surface area contributed by atoms with Gasteiger partial charge in [0.25, 0.3) is 0 Å². The normalized spacial score (nSPS) is 10.5. The van der Waals surface area contributed by atoms with Crippen LogP contribution in [0, 0.1) is 0 Å². The van der Waals surface area contributed by atoms with Crippen LogP contribution >= 0.6 is 11.6 Å². The number of nitrogens with zero attached hydrogens (tertiary/aromatic N) is 2. The average molecular weight is 285 g/mol. The fourth-order valence-electron chi connectivity index (χ4n) is 2.04. The number of benzene rings is 1. The molecule has 3 rings (SSSR count). The van der Waals surface area contributed by atoms with Gasteiger partial charge in [-0.25, -0.2) is 4.98 Å². The van der Waals surface area contributed by atoms with Crippen molar-refractivity contribution in [1.29, 1.82) is 0 Å². The van der Waals surface area contributed by atoms with Gasteiger partial charge in [0.15, 0.2) is 0 Å². The predicted octanol–water partition coefficient (Wildman–Crippen LogP) is 4.07. The van der Waals surface area contributed by atoms with Crippen molar-refractivity contribution in [2.24, 2.45) is 0 Å². The molecule has 0 spiro atoms. The Morgan fingerprint density at radius 3 is 2.80 bits per heavy atom. The zero-order chi connectivity index (χ0) is 13.9. The van der Waals surface area contributed by atoms with E-state index in [4.69, 9.17) is 11.6 Å². The molecule has 5 heteroatoms. The second-order valence-electron chi connectivity index (χ2n) is 4.30. The molecule has 0 aliphatic carbocycles. The summed E-state index contributed by atoms with van der Waals surface area (Å²) < 4.78 is 0. The van der Waals surface area contributed by atoms with Crippen molar-refractivity contribution in [1.82, 2.24) is 9.97 Å². The van der Waals surface area contributed by atoms with Crippen molar-refractivity contribution < 1.29 is 0 Å². The number of nitrogens with one attached hydrogen (secondary N) is 2. The van der Waals surface area contributed by atoms with Gasteiger partial charge < -0.3 is 10.6 Å². The molecule has 0 aliphatic rings. The first-order chi connectivity index (χ1) is 9.78. The molecule has 2 aromatic heterocycles. The maximum atomic E-state index is 6.19. The van der Waals surface area contributed by atoms with Crippen LogP contribution in [0.4, 0.5) is 17.2 Å². The number of halogens is 1. The third kappa shape index (κ3) is 2.38. The van der Waals surface area contributed by atoms with Crippen LogP contribution in [0.3, 0.4) is 0 Å². The van der Waals surface area contributed by atoms with E-state index in [2.05, 4.69) is 20.6 Å². The van der Waals surface area contributed by atoms with Crippen LogP contribution in [0.1, 0.15) is 0 Å². The Labute approximate surface area is 121 Å². The van der Waals surface area contributed by atoms with Crippen LogP contribution in [0.2, 0.25) is 5.02 Å². The van der Waals surface area contributed by atoms with E-state index in [1.54, 1.807) is 12.4 Å². The number of rotatable bonds is 3. The van der Waals surface area contributed by atoms with Gasteiger partial charge in [0.2, 0.25) is 0 Å². The molecular weight excluding hydrogens is 272 g/mol. The van der Waals surface area contributed by atoms with Crippen molar-refractivity contribution in [3.05, 3.63) is 53.8 Å². The summed E-state index contributed by atoms with van der Waals surface area (Å²) >= 11 is 6.19. The first-order valence-corrected chi connectivity index (χ1v) is 6.60. The molecule has 0 bridgehead atoms. The highest BCUT2D eigenvalue weighted by Gasteiger charge is 2.06. The van der Waals surface area contributed by atoms with E-state index in [9.17, 15) is 0 Å². The van der Waals surface area contributed by atoms with Gasteiger partial charge in [-0.15, -0.1) is 0 Å². The van der Waals surface area contributed by atoms with Crippen LogP contribution in [-0.2, 0) is 0 Å². The van der Waals surface area contributed by atoms with Crippen molar-refractivity contribution in [2.45, 2.75) is 0 Å². The van der Waals surface area contributed by atoms with E-state index in [1.807, 2.05) is 43.4 Å². The van der Waals surface area contributed by atoms with Gasteiger partial charge in [-0.2, -0.15) is 0 Å². The summed E-state index contributed by atoms with van der Waals surface area (Å²) in [6, 6.07) is 11.5. The van der Waals surface area contributed by atoms with Gasteiger partial charge in [-0.05, 0) is 30.3 Å². The molecule has 3 aromatic rings. The summed E-state index contributed by atoms with van der Waals surface area (Å²) in [6.07, 6.45) is 3.51. The van der Waals surface area contributed by atoms with Gasteiger partial charge in [-0.1, -0.05) is 11.6 Å². The minimum atomic E-state index is 0.698. The number of aromatic nitrogens is 2. The summed E-state index contributed by atoms with van der Waals surface area (Å²) in [7, 11) is 1.84. The topological polar surface area (TPSA) is 49.8 Å². The highest BCUT2D eigenvalue weighted by Crippen LogP contribution is 2.30. The fraction of sp³-hybridized carbons (Fsp3) is 0.0667. The Bertz CT molecular complexity index is 758. The summed E-state index contributed by atoms with van der Waals surface area (Å²) in [6.45, 7) is 0. The number of hydrogen-bond acceptors (Lipinski definition) is 4. The molecule has 0 atom stereocenters. The van der Waals surface area contributed by atoms with Gasteiger partial charge in [0.05, 0.1) is 16.2 Å². The molecule has 0 fully saturated rings. The molecule has 2 heterocycles. The second-order valence-corrected chi connectivity index (χ2v) is 4.71. The predicted molar refractivity (Wildman–Crippen MR) is 83.8 cm³/mol. The maximum Gasteiger partial charge on any atom is 0.127 e. The number of fused-ring (bicyclic) bond motifs is 1. The SMILES string of the molecule is CNc1cc(Nc2ccc(Cl)c3cccnc23)ccn1. The first-order valence-electron chi connectivity index (χ1n) is 6.22. The van der Waals surface area contributed by atoms with Crippen molar-refractivity contribution in [3.8, 4) is 0 Å². The highest BCUT2D eigenvalue weighted by atomic mass is 35.5. The summed E-state index contributed by atoms with van der Waals surface area (Å²) in [5.41, 5.74) is 2.71. The molecule has 20 heavy (non-hydrogen) atoms. The Morgan fingerprint density at radius 2 is 1.95 bits per heavy atom. The third-order valence-corrected chi connectivity index (χ3v) is 3.34. The van der Waals surface area contributed by atoms with E-state index < -0.39 is 0 Å². The molecule has 2 N–H and O–H groups in total. The van der Waals surface area contributed by atoms with Gasteiger partial charge >= 0.3 is 0 Å². The summed E-state index contributed by atoms with van der Waals surface area (Å²) in [5, 5.41) is 7.99. The van der Waals surface area contributed by atoms with Gasteiger partial charge in [0.1, 0.15) is 5.82 Å². The number of anilines is 3. The second kappa shape index (κ2) is 5.35. The van der Waals surface area contributed by atoms with Crippen molar-refractivity contribution in [2.75, 3.05) is 17.7 Å². The smallest absolute Gasteiger partial charge is 0.127 e. The molecule has 0 saturated carbocycles. The molecule has 0 aliphatic heterocycles. The highest BCUT2D eigenvalue weighted by molar-refractivity contribution is 6.35. The van der Waals surface area contributed by atoms with Crippen molar-refractivity contribution in [3.63, 3.8) is 0 Å². The largest absolute Gasteiger partial charge is 0.373 e. The lowest BCUT2D eigenvalue weighted by Crippen LogP contribution is -1.96. The lowest BCUT2D eigenvalue weighted by molar-refractivity contribution is 1.28. The molecule has 1 aromatic carbocycles. The Balaban J connectivity index is 2.04. The Kier molecular flexibility index (Phi) is 3.39. The van der Waals surface area contributed by atoms with Crippen LogP contribution in [0.15, 0.2) is 48.8 Å². The maximum absolute atomic E-state index is 6.19. The monoisotopic (exact) mass is 284 g/mol. The standard InChI is InChI=1S/C15H13ClN4/c1-17-14-9-10(6-8-18-14)20-13-5-4-12(16)11-3-2-7-19-15(11)13/h2-9H,1H3,(H2,17,18,20). The van der Waals surface area contributed by atoms with Crippen LogP contribution in [-0.4, -0.2) is 17.0 Å². The fourth-order valence-corrected chi connectivity index (χ4v) is 2.25. The van der Waals surface area contributed by atoms with Gasteiger partial charge in [-0.3, -0.25) is 4.98 Å². The quantitative estimate of drug-likeness (QED) is 0.761. The molecule has 0 unspecified atom stereocenters. The molecule has 4 nitrogen and oxygen atoms in total. The lowest BCUT2D eigenvalue weighted by Gasteiger charge is -2.10. The van der Waals surface area contributed by atoms with E-state index in [0.717, 1.165) is 28.1 Å². The molecule has 0 amide bonds. The first kappa shape index (κ1) is 12.7. The number of hydrogen-bond donors (Lipinski definition) is 2. The zero-order valence-electron chi connectivity index (χ0n) is 10.9. The van der Waals surface area contributed by atoms with E-state index in [0.29, 0.717) is 5.02 Å².